The molecule has 0 aromatic heterocycles. The van der Waals surface area contributed by atoms with E-state index in [2.05, 4.69) is 11.4 Å². The Bertz CT molecular complexity index is 495. The summed E-state index contributed by atoms with van der Waals surface area (Å²) in [7, 11) is 0. The predicted octanol–water partition coefficient (Wildman–Crippen LogP) is 2.39. The molecule has 2 aliphatic heterocycles. The van der Waals surface area contributed by atoms with Crippen molar-refractivity contribution in [3.05, 3.63) is 29.8 Å². The second kappa shape index (κ2) is 6.46. The molecule has 112 valence electrons. The van der Waals surface area contributed by atoms with Crippen LogP contribution in [-0.2, 0) is 10.2 Å². The van der Waals surface area contributed by atoms with Crippen molar-refractivity contribution in [2.75, 3.05) is 26.3 Å². The summed E-state index contributed by atoms with van der Waals surface area (Å²) < 4.78 is 11.4. The van der Waals surface area contributed by atoms with Gasteiger partial charge in [0.1, 0.15) is 11.9 Å². The summed E-state index contributed by atoms with van der Waals surface area (Å²) in [4.78, 5) is 0. The molecular weight excluding hydrogens is 264 g/mol. The van der Waals surface area contributed by atoms with Gasteiger partial charge >= 0.3 is 0 Å². The Balaban J connectivity index is 1.69. The van der Waals surface area contributed by atoms with E-state index in [0.29, 0.717) is 19.3 Å². The fraction of sp³-hybridized carbons (Fsp3) is 0.588. The number of piperidine rings is 1. The number of nitrogens with one attached hydrogen (secondary N) is 1. The van der Waals surface area contributed by atoms with Crippen molar-refractivity contribution in [3.8, 4) is 11.8 Å². The van der Waals surface area contributed by atoms with Gasteiger partial charge in [-0.3, -0.25) is 0 Å². The van der Waals surface area contributed by atoms with Gasteiger partial charge in [0.2, 0.25) is 0 Å². The lowest BCUT2D eigenvalue weighted by Crippen LogP contribution is -2.34. The lowest BCUT2D eigenvalue weighted by Gasteiger charge is -2.31. The van der Waals surface area contributed by atoms with Crippen LogP contribution in [0.3, 0.4) is 0 Å². The third-order valence-corrected chi connectivity index (χ3v) is 4.56. The summed E-state index contributed by atoms with van der Waals surface area (Å²) in [5.41, 5.74) is 0.705. The van der Waals surface area contributed by atoms with E-state index in [9.17, 15) is 5.26 Å². The molecule has 0 atom stereocenters. The molecule has 1 aromatic rings. The zero-order chi connectivity index (χ0) is 14.5. The monoisotopic (exact) mass is 286 g/mol. The van der Waals surface area contributed by atoms with Gasteiger partial charge in [-0.1, -0.05) is 12.1 Å². The normalized spacial score (nSPS) is 22.4. The maximum atomic E-state index is 9.58. The predicted molar refractivity (Wildman–Crippen MR) is 80.3 cm³/mol. The molecule has 21 heavy (non-hydrogen) atoms. The molecule has 0 spiro atoms. The van der Waals surface area contributed by atoms with E-state index in [0.717, 1.165) is 50.1 Å². The Labute approximate surface area is 126 Å². The van der Waals surface area contributed by atoms with Crippen molar-refractivity contribution >= 4 is 0 Å². The number of hydrogen-bond acceptors (Lipinski definition) is 4. The summed E-state index contributed by atoms with van der Waals surface area (Å²) in [6, 6.07) is 10.6. The number of rotatable bonds is 3. The Morgan fingerprint density at radius 3 is 2.43 bits per heavy atom. The molecule has 0 saturated carbocycles. The SMILES string of the molecule is N#CC1(c2ccc(OC3CCNCC3)cc2)CCOCC1. The largest absolute Gasteiger partial charge is 0.490 e. The van der Waals surface area contributed by atoms with Gasteiger partial charge in [-0.05, 0) is 56.5 Å². The fourth-order valence-electron chi connectivity index (χ4n) is 3.14. The first-order valence-corrected chi connectivity index (χ1v) is 7.79. The highest BCUT2D eigenvalue weighted by atomic mass is 16.5. The molecule has 3 rings (SSSR count). The molecule has 0 bridgehead atoms. The fourth-order valence-corrected chi connectivity index (χ4v) is 3.14. The second-order valence-corrected chi connectivity index (χ2v) is 5.90. The van der Waals surface area contributed by atoms with Gasteiger partial charge < -0.3 is 14.8 Å². The quantitative estimate of drug-likeness (QED) is 0.927. The topological polar surface area (TPSA) is 54.3 Å². The highest BCUT2D eigenvalue weighted by Gasteiger charge is 2.34. The number of hydrogen-bond donors (Lipinski definition) is 1. The maximum absolute atomic E-state index is 9.58. The number of nitrogens with zero attached hydrogens (tertiary/aromatic N) is 1. The first-order chi connectivity index (χ1) is 10.3. The van der Waals surface area contributed by atoms with Crippen molar-refractivity contribution in [2.24, 2.45) is 0 Å². The Hall–Kier alpha value is -1.57. The van der Waals surface area contributed by atoms with Crippen LogP contribution in [0.25, 0.3) is 0 Å². The van der Waals surface area contributed by atoms with Gasteiger partial charge in [-0.2, -0.15) is 5.26 Å². The van der Waals surface area contributed by atoms with Crippen LogP contribution in [0.1, 0.15) is 31.2 Å². The van der Waals surface area contributed by atoms with Crippen LogP contribution in [0.4, 0.5) is 0 Å². The van der Waals surface area contributed by atoms with Crippen molar-refractivity contribution in [1.29, 1.82) is 5.26 Å². The average molecular weight is 286 g/mol. The third kappa shape index (κ3) is 3.20. The van der Waals surface area contributed by atoms with E-state index in [4.69, 9.17) is 9.47 Å². The van der Waals surface area contributed by atoms with Crippen LogP contribution in [0.15, 0.2) is 24.3 Å². The molecule has 0 unspecified atom stereocenters. The lowest BCUT2D eigenvalue weighted by molar-refractivity contribution is 0.0675. The average Bonchev–Trinajstić information content (AvgIpc) is 2.57. The number of benzene rings is 1. The van der Waals surface area contributed by atoms with Crippen LogP contribution in [0, 0.1) is 11.3 Å². The minimum atomic E-state index is -0.383. The van der Waals surface area contributed by atoms with Crippen molar-refractivity contribution in [1.82, 2.24) is 5.32 Å². The van der Waals surface area contributed by atoms with Crippen LogP contribution in [0.2, 0.25) is 0 Å². The first-order valence-electron chi connectivity index (χ1n) is 7.79. The smallest absolute Gasteiger partial charge is 0.119 e. The molecule has 0 radical (unpaired) electrons. The van der Waals surface area contributed by atoms with Crippen LogP contribution in [-0.4, -0.2) is 32.4 Å². The molecule has 2 fully saturated rings. The molecule has 4 heteroatoms. The van der Waals surface area contributed by atoms with E-state index in [1.165, 1.54) is 0 Å². The minimum Gasteiger partial charge on any atom is -0.490 e. The van der Waals surface area contributed by atoms with Gasteiger partial charge in [0.25, 0.3) is 0 Å². The molecule has 1 N–H and O–H groups in total. The summed E-state index contributed by atoms with van der Waals surface area (Å²) in [5, 5.41) is 12.9. The lowest BCUT2D eigenvalue weighted by atomic mass is 9.75. The minimum absolute atomic E-state index is 0.310. The second-order valence-electron chi connectivity index (χ2n) is 5.90. The van der Waals surface area contributed by atoms with Crippen LogP contribution < -0.4 is 10.1 Å². The van der Waals surface area contributed by atoms with E-state index < -0.39 is 0 Å². The highest BCUT2D eigenvalue weighted by Crippen LogP contribution is 2.35. The van der Waals surface area contributed by atoms with E-state index in [1.807, 2.05) is 24.3 Å². The zero-order valence-corrected chi connectivity index (χ0v) is 12.3. The summed E-state index contributed by atoms with van der Waals surface area (Å²) in [5.74, 6) is 0.908. The standard InChI is InChI=1S/C17H22N2O2/c18-13-17(7-11-20-12-8-17)14-1-3-15(4-2-14)21-16-5-9-19-10-6-16/h1-4,16,19H,5-12H2. The van der Waals surface area contributed by atoms with E-state index in [-0.39, 0.29) is 5.41 Å². The molecular formula is C17H22N2O2. The molecule has 2 aliphatic rings. The molecule has 0 aliphatic carbocycles. The zero-order valence-electron chi connectivity index (χ0n) is 12.3. The van der Waals surface area contributed by atoms with E-state index in [1.54, 1.807) is 0 Å². The van der Waals surface area contributed by atoms with Crippen LogP contribution in [0.5, 0.6) is 5.75 Å². The number of nitriles is 1. The maximum Gasteiger partial charge on any atom is 0.119 e. The summed E-state index contributed by atoms with van der Waals surface area (Å²) >= 11 is 0. The van der Waals surface area contributed by atoms with Crippen molar-refractivity contribution < 1.29 is 9.47 Å². The third-order valence-electron chi connectivity index (χ3n) is 4.56. The molecule has 4 nitrogen and oxygen atoms in total. The molecule has 2 saturated heterocycles. The highest BCUT2D eigenvalue weighted by molar-refractivity contribution is 5.37. The van der Waals surface area contributed by atoms with Crippen molar-refractivity contribution in [2.45, 2.75) is 37.2 Å². The molecule has 1 aromatic carbocycles. The Morgan fingerprint density at radius 1 is 1.14 bits per heavy atom. The number of ether oxygens (including phenoxy) is 2. The van der Waals surface area contributed by atoms with Gasteiger partial charge in [-0.15, -0.1) is 0 Å². The molecule has 0 amide bonds. The molecule has 2 heterocycles. The van der Waals surface area contributed by atoms with E-state index >= 15 is 0 Å². The van der Waals surface area contributed by atoms with Gasteiger partial charge in [0.05, 0.1) is 11.5 Å². The van der Waals surface area contributed by atoms with Crippen LogP contribution >= 0.6 is 0 Å². The van der Waals surface area contributed by atoms with Gasteiger partial charge in [0, 0.05) is 13.2 Å². The Kier molecular flexibility index (Phi) is 4.42. The van der Waals surface area contributed by atoms with Crippen molar-refractivity contribution in [3.63, 3.8) is 0 Å². The summed E-state index contributed by atoms with van der Waals surface area (Å²) in [6.45, 7) is 3.39. The van der Waals surface area contributed by atoms with Gasteiger partial charge in [0.15, 0.2) is 0 Å². The summed E-state index contributed by atoms with van der Waals surface area (Å²) in [6.07, 6.45) is 3.98. The van der Waals surface area contributed by atoms with Gasteiger partial charge in [-0.25, -0.2) is 0 Å². The first kappa shape index (κ1) is 14.4. The Morgan fingerprint density at radius 2 is 1.81 bits per heavy atom.